The molecule has 0 heterocycles. The summed E-state index contributed by atoms with van der Waals surface area (Å²) in [5.41, 5.74) is 0.674. The fourth-order valence-electron chi connectivity index (χ4n) is 2.06. The zero-order valence-corrected chi connectivity index (χ0v) is 11.6. The molecule has 0 aromatic heterocycles. The molecule has 0 radical (unpaired) electrons. The van der Waals surface area contributed by atoms with Crippen molar-refractivity contribution in [3.05, 3.63) is 32.8 Å². The molecule has 1 aliphatic rings. The van der Waals surface area contributed by atoms with Crippen LogP contribution in [0.15, 0.2) is 22.7 Å². The molecule has 18 heavy (non-hydrogen) atoms. The second kappa shape index (κ2) is 5.67. The van der Waals surface area contributed by atoms with Crippen LogP contribution in [0, 0.1) is 10.1 Å². The Morgan fingerprint density at radius 2 is 2.28 bits per heavy atom. The second-order valence-corrected chi connectivity index (χ2v) is 5.22. The smallest absolute Gasteiger partial charge is 0.292 e. The highest BCUT2D eigenvalue weighted by molar-refractivity contribution is 9.10. The molecule has 0 atom stereocenters. The quantitative estimate of drug-likeness (QED) is 0.668. The van der Waals surface area contributed by atoms with E-state index in [4.69, 9.17) is 4.74 Å². The molecule has 1 N–H and O–H groups in total. The first-order valence-corrected chi connectivity index (χ1v) is 6.71. The van der Waals surface area contributed by atoms with Crippen LogP contribution in [0.1, 0.15) is 19.8 Å². The van der Waals surface area contributed by atoms with E-state index in [0.29, 0.717) is 18.4 Å². The molecule has 1 saturated carbocycles. The number of nitrogens with one attached hydrogen (secondary N) is 1. The number of halogens is 1. The number of hydrogen-bond acceptors (Lipinski definition) is 4. The maximum Gasteiger partial charge on any atom is 0.292 e. The highest BCUT2D eigenvalue weighted by Crippen LogP contribution is 2.32. The molecule has 0 saturated heterocycles. The van der Waals surface area contributed by atoms with Crippen LogP contribution in [0.4, 0.5) is 11.4 Å². The van der Waals surface area contributed by atoms with Crippen LogP contribution in [0.2, 0.25) is 0 Å². The van der Waals surface area contributed by atoms with Crippen LogP contribution in [0.5, 0.6) is 0 Å². The molecule has 2 rings (SSSR count). The first-order chi connectivity index (χ1) is 8.60. The first-order valence-electron chi connectivity index (χ1n) is 5.92. The normalized spacial score (nSPS) is 22.3. The monoisotopic (exact) mass is 314 g/mol. The van der Waals surface area contributed by atoms with Crippen molar-refractivity contribution in [2.24, 2.45) is 0 Å². The van der Waals surface area contributed by atoms with Gasteiger partial charge in [0.1, 0.15) is 5.69 Å². The lowest BCUT2D eigenvalue weighted by Crippen LogP contribution is -2.40. The molecular weight excluding hydrogens is 300 g/mol. The summed E-state index contributed by atoms with van der Waals surface area (Å²) in [7, 11) is 0. The lowest BCUT2D eigenvalue weighted by molar-refractivity contribution is -0.384. The number of nitro benzene ring substituents is 1. The van der Waals surface area contributed by atoms with E-state index in [-0.39, 0.29) is 16.7 Å². The second-order valence-electron chi connectivity index (χ2n) is 4.31. The highest BCUT2D eigenvalue weighted by Gasteiger charge is 2.30. The van der Waals surface area contributed by atoms with Crippen molar-refractivity contribution in [1.29, 1.82) is 0 Å². The fraction of sp³-hybridized carbons (Fsp3) is 0.500. The molecule has 0 aliphatic heterocycles. The van der Waals surface area contributed by atoms with Gasteiger partial charge in [-0.3, -0.25) is 10.1 Å². The minimum Gasteiger partial charge on any atom is -0.378 e. The van der Waals surface area contributed by atoms with Crippen LogP contribution in [0.3, 0.4) is 0 Å². The van der Waals surface area contributed by atoms with Crippen molar-refractivity contribution in [1.82, 2.24) is 0 Å². The molecule has 0 bridgehead atoms. The van der Waals surface area contributed by atoms with Crippen molar-refractivity contribution in [2.75, 3.05) is 11.9 Å². The molecule has 1 fully saturated rings. The van der Waals surface area contributed by atoms with E-state index in [2.05, 4.69) is 21.2 Å². The molecule has 5 nitrogen and oxygen atoms in total. The van der Waals surface area contributed by atoms with E-state index in [0.717, 1.165) is 17.3 Å². The van der Waals surface area contributed by atoms with Gasteiger partial charge in [-0.05, 0) is 31.9 Å². The van der Waals surface area contributed by atoms with E-state index in [1.54, 1.807) is 12.1 Å². The predicted octanol–water partition coefficient (Wildman–Crippen LogP) is 3.34. The number of benzene rings is 1. The van der Waals surface area contributed by atoms with Crippen molar-refractivity contribution < 1.29 is 9.66 Å². The average molecular weight is 315 g/mol. The Kier molecular flexibility index (Phi) is 4.19. The summed E-state index contributed by atoms with van der Waals surface area (Å²) < 4.78 is 6.29. The molecule has 1 aromatic carbocycles. The summed E-state index contributed by atoms with van der Waals surface area (Å²) in [5, 5.41) is 14.1. The number of nitro groups is 1. The van der Waals surface area contributed by atoms with E-state index in [9.17, 15) is 10.1 Å². The number of nitrogens with zero attached hydrogens (tertiary/aromatic N) is 1. The van der Waals surface area contributed by atoms with Crippen molar-refractivity contribution in [3.8, 4) is 0 Å². The fourth-order valence-corrected chi connectivity index (χ4v) is 2.42. The van der Waals surface area contributed by atoms with Gasteiger partial charge >= 0.3 is 0 Å². The Hall–Kier alpha value is -1.14. The van der Waals surface area contributed by atoms with Crippen LogP contribution in [-0.2, 0) is 4.74 Å². The van der Waals surface area contributed by atoms with Gasteiger partial charge in [0, 0.05) is 23.2 Å². The van der Waals surface area contributed by atoms with Crippen LogP contribution >= 0.6 is 15.9 Å². The van der Waals surface area contributed by atoms with Gasteiger partial charge in [0.25, 0.3) is 5.69 Å². The predicted molar refractivity (Wildman–Crippen MR) is 72.9 cm³/mol. The van der Waals surface area contributed by atoms with Gasteiger partial charge in [-0.25, -0.2) is 0 Å². The van der Waals surface area contributed by atoms with Gasteiger partial charge in [-0.15, -0.1) is 0 Å². The van der Waals surface area contributed by atoms with Crippen molar-refractivity contribution in [3.63, 3.8) is 0 Å². The van der Waals surface area contributed by atoms with Crippen LogP contribution in [0.25, 0.3) is 0 Å². The summed E-state index contributed by atoms with van der Waals surface area (Å²) in [6.07, 6.45) is 2.09. The molecule has 1 aliphatic carbocycles. The molecule has 0 spiro atoms. The summed E-state index contributed by atoms with van der Waals surface area (Å²) in [6.45, 7) is 2.69. The molecular formula is C12H15BrN2O3. The Morgan fingerprint density at radius 1 is 1.56 bits per heavy atom. The maximum absolute atomic E-state index is 10.9. The van der Waals surface area contributed by atoms with E-state index < -0.39 is 0 Å². The van der Waals surface area contributed by atoms with Gasteiger partial charge in [0.2, 0.25) is 0 Å². The van der Waals surface area contributed by atoms with E-state index in [1.165, 1.54) is 6.07 Å². The van der Waals surface area contributed by atoms with Gasteiger partial charge in [-0.2, -0.15) is 0 Å². The standard InChI is InChI=1S/C12H15BrN2O3/c1-2-18-10-6-9(7-10)14-11-5-8(13)3-4-12(11)15(16)17/h3-5,9-10,14H,2,6-7H2,1H3. The molecule has 0 unspecified atom stereocenters. The summed E-state index contributed by atoms with van der Waals surface area (Å²) in [6, 6.07) is 5.18. The first kappa shape index (κ1) is 13.3. The zero-order chi connectivity index (χ0) is 13.1. The van der Waals surface area contributed by atoms with Gasteiger partial charge in [-0.1, -0.05) is 15.9 Å². The van der Waals surface area contributed by atoms with Crippen molar-refractivity contribution in [2.45, 2.75) is 31.9 Å². The number of hydrogen-bond donors (Lipinski definition) is 1. The van der Waals surface area contributed by atoms with E-state index >= 15 is 0 Å². The van der Waals surface area contributed by atoms with Crippen molar-refractivity contribution >= 4 is 27.3 Å². The molecule has 6 heteroatoms. The zero-order valence-electron chi connectivity index (χ0n) is 10.1. The van der Waals surface area contributed by atoms with Gasteiger partial charge in [0.05, 0.1) is 11.0 Å². The molecule has 98 valence electrons. The minimum absolute atomic E-state index is 0.109. The largest absolute Gasteiger partial charge is 0.378 e. The summed E-state index contributed by atoms with van der Waals surface area (Å²) in [4.78, 5) is 10.5. The third-order valence-corrected chi connectivity index (χ3v) is 3.51. The summed E-state index contributed by atoms with van der Waals surface area (Å²) >= 11 is 3.32. The van der Waals surface area contributed by atoms with E-state index in [1.807, 2.05) is 6.92 Å². The third kappa shape index (κ3) is 3.00. The minimum atomic E-state index is -0.368. The van der Waals surface area contributed by atoms with Crippen LogP contribution < -0.4 is 5.32 Å². The number of anilines is 1. The van der Waals surface area contributed by atoms with Crippen LogP contribution in [-0.4, -0.2) is 23.7 Å². The van der Waals surface area contributed by atoms with Gasteiger partial charge < -0.3 is 10.1 Å². The Balaban J connectivity index is 2.01. The number of ether oxygens (including phenoxy) is 1. The average Bonchev–Trinajstić information content (AvgIpc) is 2.26. The lowest BCUT2D eigenvalue weighted by Gasteiger charge is -2.35. The maximum atomic E-state index is 10.9. The Labute approximate surface area is 114 Å². The Morgan fingerprint density at radius 3 is 2.89 bits per heavy atom. The Bertz CT molecular complexity index is 447. The van der Waals surface area contributed by atoms with Gasteiger partial charge in [0.15, 0.2) is 0 Å². The lowest BCUT2D eigenvalue weighted by atomic mass is 9.89. The SMILES string of the molecule is CCOC1CC(Nc2cc(Br)ccc2[N+](=O)[O-])C1. The summed E-state index contributed by atoms with van der Waals surface area (Å²) in [5.74, 6) is 0. The highest BCUT2D eigenvalue weighted by atomic mass is 79.9. The third-order valence-electron chi connectivity index (χ3n) is 3.01. The topological polar surface area (TPSA) is 64.4 Å². The number of rotatable bonds is 5. The molecule has 0 amide bonds. The molecule has 1 aromatic rings.